The van der Waals surface area contributed by atoms with Crippen LogP contribution in [0.2, 0.25) is 0 Å². The molecular weight excluding hydrogens is 180 g/mol. The average molecular weight is 196 g/mol. The standard InChI is InChI=1S/C9H16N4O/c1-13-5-3-2-4-7(13)9-12-11-8(6-10)14-9/h7H,2-6,10H2,1H3/t7-/m1/s1. The normalized spacial score (nSPS) is 24.0. The Hall–Kier alpha value is -0.940. The first kappa shape index (κ1) is 9.61. The van der Waals surface area contributed by atoms with Gasteiger partial charge in [0.05, 0.1) is 12.6 Å². The first-order chi connectivity index (χ1) is 6.81. The second-order valence-electron chi connectivity index (χ2n) is 3.73. The summed E-state index contributed by atoms with van der Waals surface area (Å²) < 4.78 is 5.45. The summed E-state index contributed by atoms with van der Waals surface area (Å²) >= 11 is 0. The van der Waals surface area contributed by atoms with E-state index >= 15 is 0 Å². The Balaban J connectivity index is 2.12. The summed E-state index contributed by atoms with van der Waals surface area (Å²) in [5, 5.41) is 7.90. The maximum atomic E-state index is 5.45. The molecule has 0 saturated carbocycles. The third-order valence-electron chi connectivity index (χ3n) is 2.71. The van der Waals surface area contributed by atoms with Crippen LogP contribution in [0.15, 0.2) is 4.42 Å². The smallest absolute Gasteiger partial charge is 0.233 e. The fraction of sp³-hybridized carbons (Fsp3) is 0.778. The molecule has 2 N–H and O–H groups in total. The van der Waals surface area contributed by atoms with E-state index in [4.69, 9.17) is 10.2 Å². The highest BCUT2D eigenvalue weighted by atomic mass is 16.4. The molecular formula is C9H16N4O. The zero-order valence-corrected chi connectivity index (χ0v) is 8.44. The molecule has 2 rings (SSSR count). The lowest BCUT2D eigenvalue weighted by Crippen LogP contribution is -2.29. The van der Waals surface area contributed by atoms with Gasteiger partial charge in [-0.25, -0.2) is 0 Å². The number of aromatic nitrogens is 2. The SMILES string of the molecule is CN1CCCC[C@@H]1c1nnc(CN)o1. The molecule has 0 aromatic carbocycles. The number of rotatable bonds is 2. The van der Waals surface area contributed by atoms with Crippen molar-refractivity contribution in [3.05, 3.63) is 11.8 Å². The summed E-state index contributed by atoms with van der Waals surface area (Å²) in [6.07, 6.45) is 3.59. The van der Waals surface area contributed by atoms with E-state index in [0.717, 1.165) is 13.0 Å². The van der Waals surface area contributed by atoms with Crippen molar-refractivity contribution in [2.75, 3.05) is 13.6 Å². The van der Waals surface area contributed by atoms with Gasteiger partial charge < -0.3 is 10.2 Å². The maximum Gasteiger partial charge on any atom is 0.233 e. The predicted octanol–water partition coefficient (Wildman–Crippen LogP) is 0.685. The van der Waals surface area contributed by atoms with E-state index in [9.17, 15) is 0 Å². The largest absolute Gasteiger partial charge is 0.422 e. The van der Waals surface area contributed by atoms with Crippen LogP contribution in [0.25, 0.3) is 0 Å². The van der Waals surface area contributed by atoms with Gasteiger partial charge in [-0.2, -0.15) is 0 Å². The Morgan fingerprint density at radius 1 is 1.50 bits per heavy atom. The van der Waals surface area contributed by atoms with Crippen LogP contribution in [0.3, 0.4) is 0 Å². The van der Waals surface area contributed by atoms with Gasteiger partial charge in [-0.05, 0) is 26.4 Å². The van der Waals surface area contributed by atoms with Crippen LogP contribution in [0, 0.1) is 0 Å². The number of nitrogens with two attached hydrogens (primary N) is 1. The van der Waals surface area contributed by atoms with E-state index < -0.39 is 0 Å². The molecule has 1 aliphatic rings. The van der Waals surface area contributed by atoms with Gasteiger partial charge in [0.2, 0.25) is 11.8 Å². The molecule has 5 nitrogen and oxygen atoms in total. The first-order valence-electron chi connectivity index (χ1n) is 5.04. The summed E-state index contributed by atoms with van der Waals surface area (Å²) in [6.45, 7) is 1.43. The molecule has 1 saturated heterocycles. The molecule has 0 bridgehead atoms. The lowest BCUT2D eigenvalue weighted by atomic mass is 10.0. The number of piperidine rings is 1. The molecule has 1 aliphatic heterocycles. The second-order valence-corrected chi connectivity index (χ2v) is 3.73. The van der Waals surface area contributed by atoms with Crippen LogP contribution in [-0.2, 0) is 6.54 Å². The van der Waals surface area contributed by atoms with Crippen molar-refractivity contribution < 1.29 is 4.42 Å². The Morgan fingerprint density at radius 3 is 3.00 bits per heavy atom. The van der Waals surface area contributed by atoms with Crippen LogP contribution in [0.1, 0.15) is 37.1 Å². The first-order valence-corrected chi connectivity index (χ1v) is 5.04. The third-order valence-corrected chi connectivity index (χ3v) is 2.71. The summed E-state index contributed by atoms with van der Waals surface area (Å²) in [4.78, 5) is 2.26. The predicted molar refractivity (Wildman–Crippen MR) is 51.4 cm³/mol. The van der Waals surface area contributed by atoms with Gasteiger partial charge >= 0.3 is 0 Å². The molecule has 78 valence electrons. The van der Waals surface area contributed by atoms with E-state index in [1.54, 1.807) is 0 Å². The van der Waals surface area contributed by atoms with E-state index in [2.05, 4.69) is 22.1 Å². The molecule has 1 fully saturated rings. The highest BCUT2D eigenvalue weighted by molar-refractivity contribution is 4.92. The van der Waals surface area contributed by atoms with Crippen LogP contribution >= 0.6 is 0 Å². The molecule has 0 spiro atoms. The van der Waals surface area contributed by atoms with Crippen molar-refractivity contribution in [2.24, 2.45) is 5.73 Å². The summed E-state index contributed by atoms with van der Waals surface area (Å²) in [5.74, 6) is 1.24. The zero-order chi connectivity index (χ0) is 9.97. The molecule has 0 unspecified atom stereocenters. The molecule has 1 atom stereocenters. The molecule has 0 amide bonds. The molecule has 5 heteroatoms. The lowest BCUT2D eigenvalue weighted by Gasteiger charge is -2.29. The van der Waals surface area contributed by atoms with E-state index in [0.29, 0.717) is 18.3 Å². The van der Waals surface area contributed by atoms with Gasteiger partial charge in [0.1, 0.15) is 0 Å². The van der Waals surface area contributed by atoms with E-state index in [1.807, 2.05) is 0 Å². The summed E-state index contributed by atoms with van der Waals surface area (Å²) in [7, 11) is 2.09. The molecule has 0 radical (unpaired) electrons. The minimum absolute atomic E-state index is 0.288. The van der Waals surface area contributed by atoms with Gasteiger partial charge in [0, 0.05) is 0 Å². The van der Waals surface area contributed by atoms with Crippen LogP contribution in [-0.4, -0.2) is 28.7 Å². The van der Waals surface area contributed by atoms with Crippen molar-refractivity contribution in [3.63, 3.8) is 0 Å². The summed E-state index contributed by atoms with van der Waals surface area (Å²) in [5.41, 5.74) is 5.42. The molecule has 0 aliphatic carbocycles. The highest BCUT2D eigenvalue weighted by Gasteiger charge is 2.25. The lowest BCUT2D eigenvalue weighted by molar-refractivity contribution is 0.157. The quantitative estimate of drug-likeness (QED) is 0.753. The van der Waals surface area contributed by atoms with Crippen molar-refractivity contribution in [1.82, 2.24) is 15.1 Å². The Morgan fingerprint density at radius 2 is 2.36 bits per heavy atom. The Labute approximate surface area is 83.3 Å². The van der Waals surface area contributed by atoms with Gasteiger partial charge in [0.15, 0.2) is 0 Å². The monoisotopic (exact) mass is 196 g/mol. The minimum Gasteiger partial charge on any atom is -0.422 e. The molecule has 1 aromatic rings. The Bertz CT molecular complexity index is 299. The maximum absolute atomic E-state index is 5.45. The average Bonchev–Trinajstić information content (AvgIpc) is 2.67. The topological polar surface area (TPSA) is 68.2 Å². The number of nitrogens with zero attached hydrogens (tertiary/aromatic N) is 3. The van der Waals surface area contributed by atoms with Crippen molar-refractivity contribution in [3.8, 4) is 0 Å². The van der Waals surface area contributed by atoms with Crippen LogP contribution in [0.4, 0.5) is 0 Å². The minimum atomic E-state index is 0.288. The number of hydrogen-bond acceptors (Lipinski definition) is 5. The Kier molecular flexibility index (Phi) is 2.79. The number of hydrogen-bond donors (Lipinski definition) is 1. The van der Waals surface area contributed by atoms with Crippen molar-refractivity contribution in [2.45, 2.75) is 31.8 Å². The number of likely N-dealkylation sites (tertiary alicyclic amines) is 1. The third kappa shape index (κ3) is 1.78. The molecule has 2 heterocycles. The summed E-state index contributed by atoms with van der Waals surface area (Å²) in [6, 6.07) is 0.288. The van der Waals surface area contributed by atoms with E-state index in [-0.39, 0.29) is 6.04 Å². The highest BCUT2D eigenvalue weighted by Crippen LogP contribution is 2.28. The second kappa shape index (κ2) is 4.06. The zero-order valence-electron chi connectivity index (χ0n) is 8.44. The fourth-order valence-electron chi connectivity index (χ4n) is 1.87. The van der Waals surface area contributed by atoms with Crippen LogP contribution in [0.5, 0.6) is 0 Å². The molecule has 1 aromatic heterocycles. The van der Waals surface area contributed by atoms with Gasteiger partial charge in [0.25, 0.3) is 0 Å². The van der Waals surface area contributed by atoms with Gasteiger partial charge in [-0.1, -0.05) is 6.42 Å². The van der Waals surface area contributed by atoms with E-state index in [1.165, 1.54) is 12.8 Å². The van der Waals surface area contributed by atoms with Crippen molar-refractivity contribution in [1.29, 1.82) is 0 Å². The van der Waals surface area contributed by atoms with Gasteiger partial charge in [-0.15, -0.1) is 10.2 Å². The molecule has 14 heavy (non-hydrogen) atoms. The van der Waals surface area contributed by atoms with Crippen LogP contribution < -0.4 is 5.73 Å². The van der Waals surface area contributed by atoms with Gasteiger partial charge in [-0.3, -0.25) is 4.90 Å². The fourth-order valence-corrected chi connectivity index (χ4v) is 1.87. The van der Waals surface area contributed by atoms with Crippen molar-refractivity contribution >= 4 is 0 Å².